The first kappa shape index (κ1) is 16.4. The number of ether oxygens (including phenoxy) is 2. The van der Waals surface area contributed by atoms with E-state index in [9.17, 15) is 4.79 Å². The summed E-state index contributed by atoms with van der Waals surface area (Å²) in [6.45, 7) is 2.20. The highest BCUT2D eigenvalue weighted by Gasteiger charge is 2.18. The Hall–Kier alpha value is -2.43. The number of thiazole rings is 1. The fourth-order valence-corrected chi connectivity index (χ4v) is 3.37. The molecule has 0 N–H and O–H groups in total. The van der Waals surface area contributed by atoms with E-state index in [4.69, 9.17) is 14.7 Å². The second kappa shape index (κ2) is 6.99. The molecule has 0 radical (unpaired) electrons. The van der Waals surface area contributed by atoms with Crippen LogP contribution in [-0.2, 0) is 0 Å². The summed E-state index contributed by atoms with van der Waals surface area (Å²) in [4.78, 5) is 16.6. The van der Waals surface area contributed by atoms with E-state index in [-0.39, 0.29) is 5.75 Å². The largest absolute Gasteiger partial charge is 0.490 e. The first-order chi connectivity index (χ1) is 11.6. The van der Waals surface area contributed by atoms with Gasteiger partial charge in [-0.3, -0.25) is 0 Å². The van der Waals surface area contributed by atoms with E-state index in [1.807, 2.05) is 13.0 Å². The summed E-state index contributed by atoms with van der Waals surface area (Å²) in [7, 11) is 0. The van der Waals surface area contributed by atoms with E-state index in [0.29, 0.717) is 28.0 Å². The van der Waals surface area contributed by atoms with Crippen molar-refractivity contribution in [3.05, 3.63) is 51.4 Å². The first-order valence-electron chi connectivity index (χ1n) is 7.04. The number of fused-ring (bicyclic) bond motifs is 1. The Balaban J connectivity index is 1.94. The molecule has 3 aromatic rings. The maximum atomic E-state index is 12.5. The molecule has 1 aromatic heterocycles. The van der Waals surface area contributed by atoms with Crippen LogP contribution >= 0.6 is 27.3 Å². The molecular formula is C17H11BrN2O3S. The molecule has 0 saturated heterocycles. The average molecular weight is 403 g/mol. The van der Waals surface area contributed by atoms with Gasteiger partial charge in [-0.15, -0.1) is 11.3 Å². The summed E-state index contributed by atoms with van der Waals surface area (Å²) in [5.41, 5.74) is 3.40. The van der Waals surface area contributed by atoms with Crippen LogP contribution in [0, 0.1) is 11.3 Å². The molecule has 0 aliphatic rings. The van der Waals surface area contributed by atoms with Crippen molar-refractivity contribution in [3.63, 3.8) is 0 Å². The summed E-state index contributed by atoms with van der Waals surface area (Å²) in [6.07, 6.45) is 0. The highest BCUT2D eigenvalue weighted by molar-refractivity contribution is 9.10. The minimum atomic E-state index is -0.503. The van der Waals surface area contributed by atoms with E-state index in [1.54, 1.807) is 35.8 Å². The fraction of sp³-hybridized carbons (Fsp3) is 0.118. The van der Waals surface area contributed by atoms with Crippen molar-refractivity contribution in [1.82, 2.24) is 4.98 Å². The van der Waals surface area contributed by atoms with Gasteiger partial charge in [-0.2, -0.15) is 5.26 Å². The summed E-state index contributed by atoms with van der Waals surface area (Å²) in [6, 6.07) is 10.4. The second-order valence-corrected chi connectivity index (χ2v) is 6.50. The van der Waals surface area contributed by atoms with Gasteiger partial charge in [0, 0.05) is 6.07 Å². The summed E-state index contributed by atoms with van der Waals surface area (Å²) >= 11 is 4.78. The van der Waals surface area contributed by atoms with E-state index >= 15 is 0 Å². The van der Waals surface area contributed by atoms with Crippen LogP contribution in [0.2, 0.25) is 0 Å². The normalized spacial score (nSPS) is 10.4. The third kappa shape index (κ3) is 3.25. The predicted octanol–water partition coefficient (Wildman–Crippen LogP) is 4.55. The number of carbonyl (C=O) groups excluding carboxylic acids is 1. The molecule has 0 atom stereocenters. The van der Waals surface area contributed by atoms with Crippen LogP contribution in [0.15, 0.2) is 40.3 Å². The fourth-order valence-electron chi connectivity index (χ4n) is 2.13. The summed E-state index contributed by atoms with van der Waals surface area (Å²) < 4.78 is 12.4. The Morgan fingerprint density at radius 2 is 2.21 bits per heavy atom. The zero-order valence-corrected chi connectivity index (χ0v) is 15.0. The number of carbonyl (C=O) groups is 1. The van der Waals surface area contributed by atoms with Crippen LogP contribution in [0.25, 0.3) is 10.2 Å². The van der Waals surface area contributed by atoms with Gasteiger partial charge in [0.25, 0.3) is 0 Å². The van der Waals surface area contributed by atoms with Crippen molar-refractivity contribution in [2.24, 2.45) is 0 Å². The third-order valence-corrected chi connectivity index (χ3v) is 4.58. The van der Waals surface area contributed by atoms with E-state index < -0.39 is 5.97 Å². The van der Waals surface area contributed by atoms with E-state index in [0.717, 1.165) is 10.2 Å². The highest BCUT2D eigenvalue weighted by Crippen LogP contribution is 2.37. The highest BCUT2D eigenvalue weighted by atomic mass is 79.9. The smallest absolute Gasteiger partial charge is 0.343 e. The molecule has 0 bridgehead atoms. The first-order valence-corrected chi connectivity index (χ1v) is 8.71. The number of benzene rings is 2. The Labute approximate surface area is 150 Å². The average Bonchev–Trinajstić information content (AvgIpc) is 3.05. The molecular weight excluding hydrogens is 392 g/mol. The third-order valence-electron chi connectivity index (χ3n) is 3.20. The lowest BCUT2D eigenvalue weighted by molar-refractivity contribution is 0.0727. The van der Waals surface area contributed by atoms with Gasteiger partial charge in [0.2, 0.25) is 0 Å². The Morgan fingerprint density at radius 1 is 1.38 bits per heavy atom. The van der Waals surface area contributed by atoms with Crippen LogP contribution in [-0.4, -0.2) is 17.6 Å². The van der Waals surface area contributed by atoms with E-state index in [2.05, 4.69) is 20.9 Å². The van der Waals surface area contributed by atoms with Crippen LogP contribution < -0.4 is 9.47 Å². The number of rotatable bonds is 4. The lowest BCUT2D eigenvalue weighted by Gasteiger charge is -2.13. The molecule has 3 rings (SSSR count). The Morgan fingerprint density at radius 3 is 2.96 bits per heavy atom. The minimum Gasteiger partial charge on any atom is -0.490 e. The number of esters is 1. The van der Waals surface area contributed by atoms with Crippen LogP contribution in [0.5, 0.6) is 11.5 Å². The molecule has 0 spiro atoms. The standard InChI is InChI=1S/C17H11BrN2O3S/c1-2-22-14-6-10(8-19)5-12(18)16(14)23-17(21)11-3-4-13-15(7-11)24-9-20-13/h3-7,9H,2H2,1H3. The summed E-state index contributed by atoms with van der Waals surface area (Å²) in [5.74, 6) is 0.0950. The molecule has 24 heavy (non-hydrogen) atoms. The van der Waals surface area contributed by atoms with Gasteiger partial charge < -0.3 is 9.47 Å². The van der Waals surface area contributed by atoms with Gasteiger partial charge in [0.15, 0.2) is 11.5 Å². The van der Waals surface area contributed by atoms with Crippen molar-refractivity contribution in [2.75, 3.05) is 6.61 Å². The van der Waals surface area contributed by atoms with Gasteiger partial charge in [-0.25, -0.2) is 9.78 Å². The van der Waals surface area contributed by atoms with Crippen LogP contribution in [0.1, 0.15) is 22.8 Å². The Kier molecular flexibility index (Phi) is 4.79. The Bertz CT molecular complexity index is 962. The lowest BCUT2D eigenvalue weighted by Crippen LogP contribution is -2.10. The van der Waals surface area contributed by atoms with Crippen LogP contribution in [0.4, 0.5) is 0 Å². The SMILES string of the molecule is CCOc1cc(C#N)cc(Br)c1OC(=O)c1ccc2ncsc2c1. The van der Waals surface area contributed by atoms with Gasteiger partial charge in [0.05, 0.1) is 44.0 Å². The number of hydrogen-bond acceptors (Lipinski definition) is 6. The second-order valence-electron chi connectivity index (χ2n) is 4.75. The molecule has 120 valence electrons. The van der Waals surface area contributed by atoms with Crippen molar-refractivity contribution in [3.8, 4) is 17.6 Å². The molecule has 5 nitrogen and oxygen atoms in total. The molecule has 7 heteroatoms. The number of halogens is 1. The van der Waals surface area contributed by atoms with Crippen molar-refractivity contribution in [2.45, 2.75) is 6.92 Å². The molecule has 0 unspecified atom stereocenters. The van der Waals surface area contributed by atoms with Gasteiger partial charge in [0.1, 0.15) is 0 Å². The zero-order valence-electron chi connectivity index (χ0n) is 12.6. The maximum Gasteiger partial charge on any atom is 0.343 e. The molecule has 2 aromatic carbocycles. The number of aromatic nitrogens is 1. The monoisotopic (exact) mass is 402 g/mol. The molecule has 0 aliphatic heterocycles. The number of nitriles is 1. The maximum absolute atomic E-state index is 12.5. The van der Waals surface area contributed by atoms with Gasteiger partial charge in [-0.1, -0.05) is 0 Å². The predicted molar refractivity (Wildman–Crippen MR) is 94.6 cm³/mol. The molecule has 1 heterocycles. The van der Waals surface area contributed by atoms with Crippen LogP contribution in [0.3, 0.4) is 0 Å². The number of hydrogen-bond donors (Lipinski definition) is 0. The van der Waals surface area contributed by atoms with Crippen molar-refractivity contribution < 1.29 is 14.3 Å². The van der Waals surface area contributed by atoms with Gasteiger partial charge >= 0.3 is 5.97 Å². The molecule has 0 saturated carbocycles. The van der Waals surface area contributed by atoms with Crippen molar-refractivity contribution >= 4 is 43.5 Å². The topological polar surface area (TPSA) is 72.2 Å². The lowest BCUT2D eigenvalue weighted by atomic mass is 10.2. The zero-order chi connectivity index (χ0) is 17.1. The van der Waals surface area contributed by atoms with E-state index in [1.165, 1.54) is 11.3 Å². The quantitative estimate of drug-likeness (QED) is 0.472. The molecule has 0 aliphatic carbocycles. The van der Waals surface area contributed by atoms with Crippen molar-refractivity contribution in [1.29, 1.82) is 5.26 Å². The minimum absolute atomic E-state index is 0.255. The molecule has 0 amide bonds. The summed E-state index contributed by atoms with van der Waals surface area (Å²) in [5, 5.41) is 9.05. The number of nitrogens with zero attached hydrogens (tertiary/aromatic N) is 2. The van der Waals surface area contributed by atoms with Gasteiger partial charge in [-0.05, 0) is 47.1 Å². The molecule has 0 fully saturated rings.